The monoisotopic (exact) mass is 497 g/mol. The average Bonchev–Trinajstić information content (AvgIpc) is 2.84. The highest BCUT2D eigenvalue weighted by molar-refractivity contribution is 5.71. The number of benzene rings is 1. The third-order valence-corrected chi connectivity index (χ3v) is 7.64. The van der Waals surface area contributed by atoms with Crippen LogP contribution in [0.4, 0.5) is 14.6 Å². The molecule has 2 bridgehead atoms. The normalized spacial score (nSPS) is 27.6. The Morgan fingerprint density at radius 2 is 2.00 bits per heavy atom. The second-order valence-electron chi connectivity index (χ2n) is 10.4. The van der Waals surface area contributed by atoms with Gasteiger partial charge in [0.2, 0.25) is 0 Å². The second-order valence-corrected chi connectivity index (χ2v) is 10.4. The van der Waals surface area contributed by atoms with Gasteiger partial charge in [0, 0.05) is 36.8 Å². The van der Waals surface area contributed by atoms with E-state index in [9.17, 15) is 14.3 Å². The maximum absolute atomic E-state index is 15.6. The molecule has 2 saturated heterocycles. The van der Waals surface area contributed by atoms with Crippen LogP contribution < -0.4 is 15.9 Å². The van der Waals surface area contributed by atoms with Gasteiger partial charge in [0.15, 0.2) is 17.6 Å². The molecule has 2 fully saturated rings. The van der Waals surface area contributed by atoms with Crippen LogP contribution in [0.15, 0.2) is 35.3 Å². The van der Waals surface area contributed by atoms with Gasteiger partial charge in [0.1, 0.15) is 11.9 Å². The van der Waals surface area contributed by atoms with Crippen molar-refractivity contribution in [3.8, 4) is 28.4 Å². The lowest BCUT2D eigenvalue weighted by Crippen LogP contribution is -2.72. The molecular formula is C25H29F2N7O2. The first kappa shape index (κ1) is 24.2. The Morgan fingerprint density at radius 3 is 2.67 bits per heavy atom. The van der Waals surface area contributed by atoms with Gasteiger partial charge in [-0.2, -0.15) is 9.37 Å². The van der Waals surface area contributed by atoms with Gasteiger partial charge in [-0.1, -0.05) is 6.07 Å². The summed E-state index contributed by atoms with van der Waals surface area (Å²) >= 11 is 0. The highest BCUT2D eigenvalue weighted by atomic mass is 19.1. The number of phenolic OH excluding ortho intramolecular Hbond substituents is 1. The van der Waals surface area contributed by atoms with Crippen LogP contribution in [0.2, 0.25) is 0 Å². The molecule has 4 atom stereocenters. The Bertz CT molecular complexity index is 1370. The SMILES string of the molecule is CN(c1cnc(-c2ccc(-c3cc(F)n(C)c(=O)n3)cc2O)nn1)[C@H]1C[C@]2(C)CCC[C@@](C)(N2)[C@H]1F. The first-order valence-electron chi connectivity index (χ1n) is 11.9. The number of hydrogen-bond acceptors (Lipinski definition) is 8. The first-order chi connectivity index (χ1) is 17.0. The van der Waals surface area contributed by atoms with Gasteiger partial charge in [0.25, 0.3) is 0 Å². The number of rotatable bonds is 4. The molecule has 9 nitrogen and oxygen atoms in total. The highest BCUT2D eigenvalue weighted by Crippen LogP contribution is 2.43. The molecular weight excluding hydrogens is 468 g/mol. The Morgan fingerprint density at radius 1 is 1.22 bits per heavy atom. The van der Waals surface area contributed by atoms with Crippen molar-refractivity contribution in [3.05, 3.63) is 46.9 Å². The minimum absolute atomic E-state index is 0.100. The molecule has 0 aliphatic carbocycles. The van der Waals surface area contributed by atoms with Crippen molar-refractivity contribution >= 4 is 5.82 Å². The predicted octanol–water partition coefficient (Wildman–Crippen LogP) is 2.98. The molecule has 3 aromatic rings. The van der Waals surface area contributed by atoms with Crippen LogP contribution in [-0.4, -0.2) is 60.2 Å². The lowest BCUT2D eigenvalue weighted by atomic mass is 9.68. The number of nitrogens with zero attached hydrogens (tertiary/aromatic N) is 6. The van der Waals surface area contributed by atoms with Crippen molar-refractivity contribution in [1.29, 1.82) is 0 Å². The standard InChI is InChI=1S/C25H29F2N7O2/c1-24-8-5-9-25(2,32-24)21(27)17(12-24)33(3)20-13-28-22(31-30-20)15-7-6-14(10-18(15)35)16-11-19(26)34(4)23(36)29-16/h6-7,10-11,13,17,21,32,35H,5,8-9,12H2,1-4H3/t17-,21-,24-,25+/m0/s1. The quantitative estimate of drug-likeness (QED) is 0.530. The molecule has 4 heterocycles. The molecule has 2 aliphatic rings. The zero-order valence-electron chi connectivity index (χ0n) is 20.7. The molecule has 0 radical (unpaired) electrons. The van der Waals surface area contributed by atoms with Crippen LogP contribution in [0, 0.1) is 5.95 Å². The maximum atomic E-state index is 15.6. The molecule has 36 heavy (non-hydrogen) atoms. The fourth-order valence-corrected chi connectivity index (χ4v) is 5.61. The van der Waals surface area contributed by atoms with Crippen LogP contribution in [0.25, 0.3) is 22.6 Å². The lowest BCUT2D eigenvalue weighted by molar-refractivity contribution is 0.00193. The van der Waals surface area contributed by atoms with Gasteiger partial charge in [-0.15, -0.1) is 10.2 Å². The number of alkyl halides is 1. The van der Waals surface area contributed by atoms with E-state index in [0.29, 0.717) is 23.4 Å². The topological polar surface area (TPSA) is 109 Å². The maximum Gasteiger partial charge on any atom is 0.350 e. The molecule has 5 rings (SSSR count). The Labute approximate surface area is 207 Å². The molecule has 1 aromatic carbocycles. The summed E-state index contributed by atoms with van der Waals surface area (Å²) in [6, 6.07) is 5.25. The van der Waals surface area contributed by atoms with E-state index < -0.39 is 23.3 Å². The minimum atomic E-state index is -1.08. The average molecular weight is 498 g/mol. The molecule has 190 valence electrons. The number of fused-ring (bicyclic) bond motifs is 2. The summed E-state index contributed by atoms with van der Waals surface area (Å²) < 4.78 is 30.3. The lowest BCUT2D eigenvalue weighted by Gasteiger charge is -2.56. The smallest absolute Gasteiger partial charge is 0.350 e. The summed E-state index contributed by atoms with van der Waals surface area (Å²) in [5, 5.41) is 22.6. The molecule has 2 aliphatic heterocycles. The number of anilines is 1. The van der Waals surface area contributed by atoms with Crippen molar-refractivity contribution in [3.63, 3.8) is 0 Å². The number of hydrogen-bond donors (Lipinski definition) is 2. The van der Waals surface area contributed by atoms with Gasteiger partial charge in [-0.05, 0) is 51.7 Å². The van der Waals surface area contributed by atoms with Crippen LogP contribution in [0.5, 0.6) is 5.75 Å². The summed E-state index contributed by atoms with van der Waals surface area (Å²) in [7, 11) is 3.09. The number of nitrogens with one attached hydrogen (secondary N) is 1. The van der Waals surface area contributed by atoms with Crippen molar-refractivity contribution < 1.29 is 13.9 Å². The summed E-state index contributed by atoms with van der Waals surface area (Å²) in [5.41, 5.74) is -0.683. The third-order valence-electron chi connectivity index (χ3n) is 7.64. The van der Waals surface area contributed by atoms with Gasteiger partial charge in [-0.25, -0.2) is 14.2 Å². The highest BCUT2D eigenvalue weighted by Gasteiger charge is 2.53. The van der Waals surface area contributed by atoms with E-state index >= 15 is 4.39 Å². The first-order valence-corrected chi connectivity index (χ1v) is 11.9. The predicted molar refractivity (Wildman–Crippen MR) is 131 cm³/mol. The molecule has 2 N–H and O–H groups in total. The largest absolute Gasteiger partial charge is 0.507 e. The van der Waals surface area contributed by atoms with E-state index in [1.807, 2.05) is 6.92 Å². The summed E-state index contributed by atoms with van der Waals surface area (Å²) in [6.45, 7) is 4.10. The zero-order valence-corrected chi connectivity index (χ0v) is 20.7. The fourth-order valence-electron chi connectivity index (χ4n) is 5.61. The van der Waals surface area contributed by atoms with E-state index in [1.54, 1.807) is 24.1 Å². The molecule has 0 spiro atoms. The van der Waals surface area contributed by atoms with Crippen LogP contribution in [0.3, 0.4) is 0 Å². The fraction of sp³-hybridized carbons (Fsp3) is 0.480. The van der Waals surface area contributed by atoms with E-state index in [1.165, 1.54) is 19.3 Å². The molecule has 11 heteroatoms. The van der Waals surface area contributed by atoms with Crippen LogP contribution >= 0.6 is 0 Å². The Balaban J connectivity index is 1.38. The number of aromatic hydroxyl groups is 1. The van der Waals surface area contributed by atoms with E-state index in [4.69, 9.17) is 0 Å². The van der Waals surface area contributed by atoms with Crippen molar-refractivity contribution in [2.45, 2.75) is 62.8 Å². The van der Waals surface area contributed by atoms with Crippen LogP contribution in [-0.2, 0) is 7.05 Å². The Kier molecular flexibility index (Phi) is 5.77. The molecule has 0 amide bonds. The third kappa shape index (κ3) is 4.11. The summed E-state index contributed by atoms with van der Waals surface area (Å²) in [4.78, 5) is 21.8. The number of halogens is 2. The molecule has 0 unspecified atom stereocenters. The van der Waals surface area contributed by atoms with Gasteiger partial charge < -0.3 is 15.3 Å². The van der Waals surface area contributed by atoms with Gasteiger partial charge >= 0.3 is 5.69 Å². The summed E-state index contributed by atoms with van der Waals surface area (Å²) in [6.07, 6.45) is 3.86. The van der Waals surface area contributed by atoms with Gasteiger partial charge in [-0.3, -0.25) is 4.57 Å². The van der Waals surface area contributed by atoms with E-state index in [-0.39, 0.29) is 28.8 Å². The minimum Gasteiger partial charge on any atom is -0.507 e. The van der Waals surface area contributed by atoms with E-state index in [2.05, 4.69) is 32.4 Å². The number of aromatic nitrogens is 5. The van der Waals surface area contributed by atoms with E-state index in [0.717, 1.165) is 29.9 Å². The zero-order chi connectivity index (χ0) is 25.8. The van der Waals surface area contributed by atoms with Crippen molar-refractivity contribution in [2.24, 2.45) is 7.05 Å². The van der Waals surface area contributed by atoms with Crippen molar-refractivity contribution in [2.75, 3.05) is 11.9 Å². The van der Waals surface area contributed by atoms with Gasteiger partial charge in [0.05, 0.1) is 23.5 Å². The van der Waals surface area contributed by atoms with Crippen molar-refractivity contribution in [1.82, 2.24) is 30.0 Å². The summed E-state index contributed by atoms with van der Waals surface area (Å²) in [5.74, 6) is -0.294. The molecule has 2 aromatic heterocycles. The number of piperidine rings is 2. The second kappa shape index (κ2) is 8.58. The Hall–Kier alpha value is -3.47. The number of phenols is 1. The van der Waals surface area contributed by atoms with Crippen LogP contribution in [0.1, 0.15) is 39.5 Å². The molecule has 0 saturated carbocycles.